The van der Waals surface area contributed by atoms with Crippen LogP contribution in [0.15, 0.2) is 36.4 Å². The van der Waals surface area contributed by atoms with Crippen LogP contribution in [0.1, 0.15) is 26.3 Å². The van der Waals surface area contributed by atoms with E-state index in [1.165, 1.54) is 11.3 Å². The third-order valence-corrected chi connectivity index (χ3v) is 7.67. The lowest BCUT2D eigenvalue weighted by atomic mass is 10.1. The average molecular weight is 535 g/mol. The Bertz CT molecular complexity index is 1220. The van der Waals surface area contributed by atoms with Crippen LogP contribution >= 0.6 is 35.3 Å². The van der Waals surface area contributed by atoms with Gasteiger partial charge < -0.3 is 4.74 Å². The summed E-state index contributed by atoms with van der Waals surface area (Å²) in [5.74, 6) is -1.27. The fraction of sp³-hybridized carbons (Fsp3) is 0.333. The summed E-state index contributed by atoms with van der Waals surface area (Å²) in [7, 11) is 0. The molecular weight excluding hydrogens is 511 g/mol. The summed E-state index contributed by atoms with van der Waals surface area (Å²) in [5, 5.41) is 1.08. The van der Waals surface area contributed by atoms with Crippen LogP contribution in [-0.2, 0) is 9.53 Å². The van der Waals surface area contributed by atoms with E-state index in [9.17, 15) is 14.4 Å². The first kappa shape index (κ1) is 25.5. The SMILES string of the molecule is Cc1ccc(Cl)c2sc(N(CCN3CCOCC3)C(=O)CN3C(=O)c4ccccc4C3=O)nc12.Cl. The van der Waals surface area contributed by atoms with Crippen LogP contribution in [0.5, 0.6) is 0 Å². The molecule has 0 radical (unpaired) electrons. The minimum absolute atomic E-state index is 0. The average Bonchev–Trinajstić information content (AvgIpc) is 3.40. The Labute approximate surface area is 217 Å². The number of nitrogens with zero attached hydrogens (tertiary/aromatic N) is 4. The van der Waals surface area contributed by atoms with Crippen LogP contribution in [0, 0.1) is 6.92 Å². The molecule has 0 saturated carbocycles. The van der Waals surface area contributed by atoms with Crippen molar-refractivity contribution >= 4 is 68.4 Å². The Kier molecular flexibility index (Phi) is 7.73. The minimum atomic E-state index is -0.453. The lowest BCUT2D eigenvalue weighted by Crippen LogP contribution is -2.47. The Morgan fingerprint density at radius 1 is 1.11 bits per heavy atom. The van der Waals surface area contributed by atoms with Crippen molar-refractivity contribution in [1.29, 1.82) is 0 Å². The van der Waals surface area contributed by atoms with E-state index >= 15 is 0 Å². The van der Waals surface area contributed by atoms with Gasteiger partial charge in [-0.3, -0.25) is 29.1 Å². The smallest absolute Gasteiger partial charge is 0.262 e. The minimum Gasteiger partial charge on any atom is -0.379 e. The largest absolute Gasteiger partial charge is 0.379 e. The highest BCUT2D eigenvalue weighted by Crippen LogP contribution is 2.36. The van der Waals surface area contributed by atoms with Crippen LogP contribution in [-0.4, -0.2) is 78.4 Å². The molecule has 0 N–H and O–H groups in total. The molecule has 1 aromatic heterocycles. The maximum atomic E-state index is 13.5. The molecule has 3 heterocycles. The molecule has 8 nitrogen and oxygen atoms in total. The van der Waals surface area contributed by atoms with Gasteiger partial charge in [-0.15, -0.1) is 12.4 Å². The van der Waals surface area contributed by atoms with Crippen molar-refractivity contribution in [1.82, 2.24) is 14.8 Å². The van der Waals surface area contributed by atoms with Crippen molar-refractivity contribution in [2.45, 2.75) is 6.92 Å². The van der Waals surface area contributed by atoms with Crippen molar-refractivity contribution in [2.24, 2.45) is 0 Å². The van der Waals surface area contributed by atoms with E-state index in [-0.39, 0.29) is 24.9 Å². The maximum Gasteiger partial charge on any atom is 0.262 e. The molecule has 1 saturated heterocycles. The molecule has 2 aromatic carbocycles. The van der Waals surface area contributed by atoms with Crippen molar-refractivity contribution in [3.63, 3.8) is 0 Å². The van der Waals surface area contributed by atoms with E-state index in [0.29, 0.717) is 47.6 Å². The highest BCUT2D eigenvalue weighted by atomic mass is 35.5. The van der Waals surface area contributed by atoms with E-state index in [1.807, 2.05) is 19.1 Å². The highest BCUT2D eigenvalue weighted by molar-refractivity contribution is 7.23. The normalized spacial score (nSPS) is 15.9. The number of benzene rings is 2. The molecule has 1 fully saturated rings. The second kappa shape index (κ2) is 10.6. The summed E-state index contributed by atoms with van der Waals surface area (Å²) >= 11 is 7.74. The molecule has 184 valence electrons. The van der Waals surface area contributed by atoms with E-state index in [0.717, 1.165) is 33.8 Å². The molecular formula is C24H24Cl2N4O4S. The number of imide groups is 1. The van der Waals surface area contributed by atoms with Crippen molar-refractivity contribution < 1.29 is 19.1 Å². The number of carbonyl (C=O) groups excluding carboxylic acids is 3. The summed E-state index contributed by atoms with van der Waals surface area (Å²) in [6, 6.07) is 10.3. The Morgan fingerprint density at radius 3 is 2.40 bits per heavy atom. The second-order valence-corrected chi connectivity index (χ2v) is 9.66. The number of anilines is 1. The van der Waals surface area contributed by atoms with E-state index in [2.05, 4.69) is 4.90 Å². The number of amides is 3. The molecule has 0 aliphatic carbocycles. The fourth-order valence-electron chi connectivity index (χ4n) is 4.20. The van der Waals surface area contributed by atoms with Gasteiger partial charge in [0.15, 0.2) is 5.13 Å². The first-order chi connectivity index (χ1) is 16.4. The van der Waals surface area contributed by atoms with Gasteiger partial charge in [-0.05, 0) is 30.7 Å². The van der Waals surface area contributed by atoms with Gasteiger partial charge in [-0.25, -0.2) is 4.98 Å². The molecule has 0 spiro atoms. The van der Waals surface area contributed by atoms with E-state index < -0.39 is 11.8 Å². The van der Waals surface area contributed by atoms with Crippen molar-refractivity contribution in [3.8, 4) is 0 Å². The monoisotopic (exact) mass is 534 g/mol. The number of aryl methyl sites for hydroxylation is 1. The highest BCUT2D eigenvalue weighted by Gasteiger charge is 2.37. The fourth-order valence-corrected chi connectivity index (χ4v) is 5.56. The number of carbonyl (C=O) groups is 3. The Morgan fingerprint density at radius 2 is 1.77 bits per heavy atom. The number of ether oxygens (including phenoxy) is 1. The predicted octanol–water partition coefficient (Wildman–Crippen LogP) is 3.64. The number of hydrogen-bond donors (Lipinski definition) is 0. The summed E-state index contributed by atoms with van der Waals surface area (Å²) in [4.78, 5) is 48.7. The summed E-state index contributed by atoms with van der Waals surface area (Å²) in [5.41, 5.74) is 2.35. The third kappa shape index (κ3) is 4.92. The van der Waals surface area contributed by atoms with Gasteiger partial charge in [-0.1, -0.05) is 41.1 Å². The molecule has 2 aliphatic rings. The standard InChI is InChI=1S/C24H23ClN4O4S.ClH/c1-15-6-7-18(25)21-20(15)26-24(34-21)28(9-8-27-10-12-33-13-11-27)19(30)14-29-22(31)16-4-2-3-5-17(16)23(29)32;/h2-7H,8-14H2,1H3;1H. The topological polar surface area (TPSA) is 83.0 Å². The van der Waals surface area contributed by atoms with Gasteiger partial charge in [0, 0.05) is 26.2 Å². The molecule has 0 unspecified atom stereocenters. The maximum absolute atomic E-state index is 13.5. The first-order valence-electron chi connectivity index (χ1n) is 11.1. The van der Waals surface area contributed by atoms with Crippen LogP contribution < -0.4 is 4.90 Å². The number of morpholine rings is 1. The number of hydrogen-bond acceptors (Lipinski definition) is 7. The summed E-state index contributed by atoms with van der Waals surface area (Å²) < 4.78 is 6.23. The van der Waals surface area contributed by atoms with Gasteiger partial charge in [0.1, 0.15) is 6.54 Å². The van der Waals surface area contributed by atoms with E-state index in [4.69, 9.17) is 21.3 Å². The van der Waals surface area contributed by atoms with Gasteiger partial charge in [0.05, 0.1) is 39.6 Å². The molecule has 5 rings (SSSR count). The third-order valence-electron chi connectivity index (χ3n) is 6.13. The first-order valence-corrected chi connectivity index (χ1v) is 12.2. The molecule has 3 amide bonds. The van der Waals surface area contributed by atoms with Crippen LogP contribution in [0.3, 0.4) is 0 Å². The molecule has 2 aliphatic heterocycles. The summed E-state index contributed by atoms with van der Waals surface area (Å²) in [6.45, 7) is 5.46. The number of thiazole rings is 1. The molecule has 0 bridgehead atoms. The molecule has 0 atom stereocenters. The lowest BCUT2D eigenvalue weighted by Gasteiger charge is -2.29. The molecule has 11 heteroatoms. The van der Waals surface area contributed by atoms with Crippen LogP contribution in [0.4, 0.5) is 5.13 Å². The van der Waals surface area contributed by atoms with E-state index in [1.54, 1.807) is 29.2 Å². The zero-order valence-corrected chi connectivity index (χ0v) is 21.4. The van der Waals surface area contributed by atoms with Crippen LogP contribution in [0.2, 0.25) is 5.02 Å². The number of fused-ring (bicyclic) bond motifs is 2. The number of rotatable bonds is 6. The van der Waals surface area contributed by atoms with Gasteiger partial charge in [-0.2, -0.15) is 0 Å². The molecule has 35 heavy (non-hydrogen) atoms. The Hall–Kier alpha value is -2.56. The molecule has 3 aromatic rings. The number of aromatic nitrogens is 1. The summed E-state index contributed by atoms with van der Waals surface area (Å²) in [6.07, 6.45) is 0. The number of halogens is 2. The Balaban J connectivity index is 0.00000289. The van der Waals surface area contributed by atoms with Gasteiger partial charge in [0.2, 0.25) is 5.91 Å². The van der Waals surface area contributed by atoms with Crippen LogP contribution in [0.25, 0.3) is 10.2 Å². The van der Waals surface area contributed by atoms with Crippen molar-refractivity contribution in [2.75, 3.05) is 50.8 Å². The van der Waals surface area contributed by atoms with Crippen molar-refractivity contribution in [3.05, 3.63) is 58.1 Å². The zero-order chi connectivity index (χ0) is 23.8. The van der Waals surface area contributed by atoms with Gasteiger partial charge in [0.25, 0.3) is 11.8 Å². The van der Waals surface area contributed by atoms with Gasteiger partial charge >= 0.3 is 0 Å². The quantitative estimate of drug-likeness (QED) is 0.449. The zero-order valence-electron chi connectivity index (χ0n) is 19.0. The predicted molar refractivity (Wildman–Crippen MR) is 138 cm³/mol. The lowest BCUT2D eigenvalue weighted by molar-refractivity contribution is -0.119. The second-order valence-electron chi connectivity index (χ2n) is 8.28.